The van der Waals surface area contributed by atoms with Crippen LogP contribution in [-0.2, 0) is 20.8 Å². The highest BCUT2D eigenvalue weighted by Crippen LogP contribution is 2.42. The Balaban J connectivity index is 1.96. The zero-order valence-corrected chi connectivity index (χ0v) is 14.7. The van der Waals surface area contributed by atoms with Crippen LogP contribution in [0.4, 0.5) is 27.6 Å². The molecule has 26 heavy (non-hydrogen) atoms. The molecular weight excluding hydrogens is 381 g/mol. The molecule has 2 fully saturated rings. The van der Waals surface area contributed by atoms with E-state index in [4.69, 9.17) is 4.74 Å². The van der Waals surface area contributed by atoms with Crippen LogP contribution in [0.5, 0.6) is 0 Å². The van der Waals surface area contributed by atoms with Gasteiger partial charge in [-0.3, -0.25) is 0 Å². The summed E-state index contributed by atoms with van der Waals surface area (Å²) in [6.07, 6.45) is -4.39. The Labute approximate surface area is 147 Å². The van der Waals surface area contributed by atoms with Gasteiger partial charge in [-0.25, -0.2) is 17.2 Å². The Morgan fingerprint density at radius 2 is 1.85 bits per heavy atom. The average molecular weight is 399 g/mol. The normalized spacial score (nSPS) is 26.0. The molecule has 0 unspecified atom stereocenters. The lowest BCUT2D eigenvalue weighted by Gasteiger charge is -2.40. The zero-order chi connectivity index (χ0) is 19.3. The van der Waals surface area contributed by atoms with E-state index in [0.29, 0.717) is 12.5 Å². The van der Waals surface area contributed by atoms with Gasteiger partial charge in [0.2, 0.25) is 0 Å². The highest BCUT2D eigenvalue weighted by atomic mass is 32.2. The summed E-state index contributed by atoms with van der Waals surface area (Å²) in [5.74, 6) is -2.94. The summed E-state index contributed by atoms with van der Waals surface area (Å²) >= 11 is 0. The van der Waals surface area contributed by atoms with Gasteiger partial charge in [-0.1, -0.05) is 0 Å². The van der Waals surface area contributed by atoms with Crippen LogP contribution in [0.3, 0.4) is 0 Å². The van der Waals surface area contributed by atoms with Crippen LogP contribution >= 0.6 is 0 Å². The summed E-state index contributed by atoms with van der Waals surface area (Å²) in [4.78, 5) is 0.283. The van der Waals surface area contributed by atoms with E-state index in [-0.39, 0.29) is 24.6 Å². The molecule has 0 N–H and O–H groups in total. The second-order valence-corrected chi connectivity index (χ2v) is 8.92. The SMILES string of the molecule is CO[C@@H]1CC[C@@H](S(=O)(=O)c2ccc(N3CC(F)(F)C3)cc2C(F)(F)F)C1. The topological polar surface area (TPSA) is 46.6 Å². The molecule has 0 amide bonds. The molecule has 0 bridgehead atoms. The predicted octanol–water partition coefficient (Wildman–Crippen LogP) is 3.50. The van der Waals surface area contributed by atoms with Crippen molar-refractivity contribution < 1.29 is 35.1 Å². The molecule has 3 rings (SSSR count). The number of halogens is 5. The number of methoxy groups -OCH3 is 1. The van der Waals surface area contributed by atoms with E-state index < -0.39 is 50.7 Å². The summed E-state index contributed by atoms with van der Waals surface area (Å²) in [6, 6.07) is 2.68. The lowest BCUT2D eigenvalue weighted by molar-refractivity contribution is -0.139. The molecule has 1 aliphatic heterocycles. The minimum absolute atomic E-state index is 0.0663. The number of benzene rings is 1. The molecule has 2 aliphatic rings. The van der Waals surface area contributed by atoms with Crippen molar-refractivity contribution >= 4 is 15.5 Å². The van der Waals surface area contributed by atoms with E-state index in [2.05, 4.69) is 0 Å². The molecule has 1 saturated heterocycles. The molecular formula is C16H18F5NO3S. The van der Waals surface area contributed by atoms with Crippen molar-refractivity contribution in [2.45, 2.75) is 47.6 Å². The summed E-state index contributed by atoms with van der Waals surface area (Å²) in [5, 5.41) is -0.951. The largest absolute Gasteiger partial charge is 0.417 e. The second kappa shape index (κ2) is 6.33. The highest BCUT2D eigenvalue weighted by molar-refractivity contribution is 7.92. The van der Waals surface area contributed by atoms with Crippen LogP contribution < -0.4 is 4.90 Å². The van der Waals surface area contributed by atoms with Crippen LogP contribution in [0.1, 0.15) is 24.8 Å². The minimum atomic E-state index is -4.91. The van der Waals surface area contributed by atoms with Crippen LogP contribution in [0.2, 0.25) is 0 Å². The van der Waals surface area contributed by atoms with Crippen molar-refractivity contribution in [1.29, 1.82) is 0 Å². The van der Waals surface area contributed by atoms with E-state index in [0.717, 1.165) is 17.0 Å². The van der Waals surface area contributed by atoms with Crippen LogP contribution in [0.25, 0.3) is 0 Å². The summed E-state index contributed by atoms with van der Waals surface area (Å²) in [7, 11) is -2.79. The molecule has 1 aromatic carbocycles. The molecule has 1 saturated carbocycles. The molecule has 0 spiro atoms. The monoisotopic (exact) mass is 399 g/mol. The Morgan fingerprint density at radius 3 is 2.35 bits per heavy atom. The zero-order valence-electron chi connectivity index (χ0n) is 13.9. The molecule has 4 nitrogen and oxygen atoms in total. The third-order valence-electron chi connectivity index (χ3n) is 4.89. The number of alkyl halides is 5. The highest BCUT2D eigenvalue weighted by Gasteiger charge is 2.46. The Bertz CT molecular complexity index is 786. The van der Waals surface area contributed by atoms with Gasteiger partial charge in [0, 0.05) is 12.8 Å². The first-order valence-corrected chi connectivity index (χ1v) is 9.59. The number of ether oxygens (including phenoxy) is 1. The van der Waals surface area contributed by atoms with Gasteiger partial charge in [0.1, 0.15) is 0 Å². The van der Waals surface area contributed by atoms with Crippen LogP contribution in [0.15, 0.2) is 23.1 Å². The van der Waals surface area contributed by atoms with Gasteiger partial charge >= 0.3 is 6.18 Å². The molecule has 10 heteroatoms. The number of hydrogen-bond donors (Lipinski definition) is 0. The Hall–Kier alpha value is -1.42. The van der Waals surface area contributed by atoms with E-state index in [1.807, 2.05) is 0 Å². The predicted molar refractivity (Wildman–Crippen MR) is 84.2 cm³/mol. The smallest absolute Gasteiger partial charge is 0.381 e. The summed E-state index contributed by atoms with van der Waals surface area (Å²) < 4.78 is 97.0. The maximum absolute atomic E-state index is 13.5. The maximum atomic E-state index is 13.5. The quantitative estimate of drug-likeness (QED) is 0.727. The lowest BCUT2D eigenvalue weighted by atomic mass is 10.1. The Kier molecular flexibility index (Phi) is 4.71. The maximum Gasteiger partial charge on any atom is 0.417 e. The first-order valence-electron chi connectivity index (χ1n) is 8.05. The molecule has 1 aromatic rings. The molecule has 1 aliphatic carbocycles. The van der Waals surface area contributed by atoms with Gasteiger partial charge in [0.15, 0.2) is 9.84 Å². The first kappa shape index (κ1) is 19.3. The van der Waals surface area contributed by atoms with Gasteiger partial charge in [0.25, 0.3) is 5.92 Å². The minimum Gasteiger partial charge on any atom is -0.381 e. The first-order chi connectivity index (χ1) is 11.9. The van der Waals surface area contributed by atoms with Gasteiger partial charge in [0.05, 0.1) is 34.9 Å². The van der Waals surface area contributed by atoms with Crippen molar-refractivity contribution in [3.05, 3.63) is 23.8 Å². The van der Waals surface area contributed by atoms with E-state index >= 15 is 0 Å². The van der Waals surface area contributed by atoms with Gasteiger partial charge in [-0.15, -0.1) is 0 Å². The average Bonchev–Trinajstić information content (AvgIpc) is 3.01. The number of rotatable bonds is 4. The van der Waals surface area contributed by atoms with Gasteiger partial charge < -0.3 is 9.64 Å². The number of nitrogens with zero attached hydrogens (tertiary/aromatic N) is 1. The number of anilines is 1. The van der Waals surface area contributed by atoms with E-state index in [9.17, 15) is 30.4 Å². The standard InChI is InChI=1S/C16H18F5NO3S/c1-25-11-3-4-12(7-11)26(23,24)14-5-2-10(6-13(14)16(19,20)21)22-8-15(17,18)9-22/h2,5-6,11-12H,3-4,7-9H2,1H3/t11-,12-/m1/s1. The number of sulfone groups is 1. The summed E-state index contributed by atoms with van der Waals surface area (Å²) in [5.41, 5.74) is -1.38. The van der Waals surface area contributed by atoms with Crippen LogP contribution in [-0.4, -0.2) is 45.9 Å². The van der Waals surface area contributed by atoms with Crippen molar-refractivity contribution in [2.75, 3.05) is 25.1 Å². The second-order valence-electron chi connectivity index (χ2n) is 6.73. The molecule has 146 valence electrons. The Morgan fingerprint density at radius 1 is 1.19 bits per heavy atom. The third-order valence-corrected chi connectivity index (χ3v) is 7.17. The van der Waals surface area contributed by atoms with E-state index in [1.165, 1.54) is 7.11 Å². The fourth-order valence-electron chi connectivity index (χ4n) is 3.46. The fourth-order valence-corrected chi connectivity index (χ4v) is 5.47. The van der Waals surface area contributed by atoms with E-state index in [1.54, 1.807) is 0 Å². The van der Waals surface area contributed by atoms with Crippen LogP contribution in [0, 0.1) is 0 Å². The fraction of sp³-hybridized carbons (Fsp3) is 0.625. The lowest BCUT2D eigenvalue weighted by Crippen LogP contribution is -2.56. The molecule has 1 heterocycles. The molecule has 0 aromatic heterocycles. The van der Waals surface area contributed by atoms with Crippen molar-refractivity contribution in [1.82, 2.24) is 0 Å². The summed E-state index contributed by atoms with van der Waals surface area (Å²) in [6.45, 7) is -1.37. The third kappa shape index (κ3) is 3.53. The van der Waals surface area contributed by atoms with Gasteiger partial charge in [-0.2, -0.15) is 13.2 Å². The van der Waals surface area contributed by atoms with Crippen molar-refractivity contribution in [2.24, 2.45) is 0 Å². The van der Waals surface area contributed by atoms with Gasteiger partial charge in [-0.05, 0) is 37.5 Å². The number of hydrogen-bond acceptors (Lipinski definition) is 4. The van der Waals surface area contributed by atoms with Crippen molar-refractivity contribution in [3.63, 3.8) is 0 Å². The van der Waals surface area contributed by atoms with Crippen molar-refractivity contribution in [3.8, 4) is 0 Å². The molecule has 2 atom stereocenters. The molecule has 0 radical (unpaired) electrons.